The van der Waals surface area contributed by atoms with Gasteiger partial charge in [-0.2, -0.15) is 0 Å². The van der Waals surface area contributed by atoms with Crippen molar-refractivity contribution in [1.29, 1.82) is 0 Å². The quantitative estimate of drug-likeness (QED) is 0.465. The molecule has 128 valence electrons. The van der Waals surface area contributed by atoms with Crippen LogP contribution in [0.1, 0.15) is 89.9 Å². The van der Waals surface area contributed by atoms with Gasteiger partial charge in [-0.25, -0.2) is 0 Å². The molecule has 0 aromatic heterocycles. The highest BCUT2D eigenvalue weighted by atomic mass is 14.3. The van der Waals surface area contributed by atoms with Gasteiger partial charge in [-0.3, -0.25) is 0 Å². The summed E-state index contributed by atoms with van der Waals surface area (Å²) < 4.78 is 0. The largest absolute Gasteiger partial charge is 0.0885 e. The average Bonchev–Trinajstić information content (AvgIpc) is 2.58. The Bertz CT molecular complexity index is 415. The van der Waals surface area contributed by atoms with Crippen LogP contribution in [0.15, 0.2) is 36.0 Å². The van der Waals surface area contributed by atoms with E-state index < -0.39 is 0 Å². The molecule has 0 saturated heterocycles. The van der Waals surface area contributed by atoms with Crippen LogP contribution >= 0.6 is 0 Å². The minimum atomic E-state index is 1.01. The van der Waals surface area contributed by atoms with Gasteiger partial charge < -0.3 is 0 Å². The molecule has 1 fully saturated rings. The van der Waals surface area contributed by atoms with Crippen LogP contribution in [0.3, 0.4) is 0 Å². The fraction of sp³-hybridized carbons (Fsp3) is 0.739. The lowest BCUT2D eigenvalue weighted by molar-refractivity contribution is 0.260. The van der Waals surface area contributed by atoms with E-state index >= 15 is 0 Å². The lowest BCUT2D eigenvalue weighted by Crippen LogP contribution is -2.14. The first-order chi connectivity index (χ1) is 11.4. The average molecular weight is 313 g/mol. The van der Waals surface area contributed by atoms with Gasteiger partial charge >= 0.3 is 0 Å². The van der Waals surface area contributed by atoms with Gasteiger partial charge in [0.05, 0.1) is 0 Å². The van der Waals surface area contributed by atoms with E-state index in [1.165, 1.54) is 89.9 Å². The molecule has 1 atom stereocenters. The molecule has 1 saturated carbocycles. The third-order valence-corrected chi connectivity index (χ3v) is 6.47. The molecule has 0 radical (unpaired) electrons. The van der Waals surface area contributed by atoms with E-state index in [0.717, 1.165) is 17.8 Å². The Balaban J connectivity index is 1.36. The van der Waals surface area contributed by atoms with Crippen LogP contribution in [0.2, 0.25) is 0 Å². The van der Waals surface area contributed by atoms with Crippen LogP contribution in [0.25, 0.3) is 0 Å². The van der Waals surface area contributed by atoms with Gasteiger partial charge in [-0.15, -0.1) is 0 Å². The monoisotopic (exact) mass is 312 g/mol. The van der Waals surface area contributed by atoms with Crippen molar-refractivity contribution < 1.29 is 0 Å². The molecule has 3 aliphatic rings. The first-order valence-electron chi connectivity index (χ1n) is 10.4. The Labute approximate surface area is 144 Å². The SMILES string of the molecule is C1=CCCC(CCC2CCCC(CC3CC=CCC3)CCC2)=C1. The summed E-state index contributed by atoms with van der Waals surface area (Å²) in [6.45, 7) is 0. The maximum Gasteiger partial charge on any atom is -0.0282 e. The smallest absolute Gasteiger partial charge is 0.0282 e. The van der Waals surface area contributed by atoms with E-state index in [4.69, 9.17) is 0 Å². The van der Waals surface area contributed by atoms with Gasteiger partial charge in [0, 0.05) is 0 Å². The number of hydrogen-bond donors (Lipinski definition) is 0. The molecular weight excluding hydrogens is 276 g/mol. The minimum Gasteiger partial charge on any atom is -0.0885 e. The Morgan fingerprint density at radius 3 is 2.30 bits per heavy atom. The topological polar surface area (TPSA) is 0 Å². The van der Waals surface area contributed by atoms with Crippen LogP contribution < -0.4 is 0 Å². The third-order valence-electron chi connectivity index (χ3n) is 6.47. The molecule has 0 aliphatic heterocycles. The zero-order valence-corrected chi connectivity index (χ0v) is 15.0. The summed E-state index contributed by atoms with van der Waals surface area (Å²) >= 11 is 0. The zero-order chi connectivity index (χ0) is 15.7. The van der Waals surface area contributed by atoms with Crippen molar-refractivity contribution in [2.75, 3.05) is 0 Å². The molecule has 0 amide bonds. The lowest BCUT2D eigenvalue weighted by atomic mass is 9.78. The van der Waals surface area contributed by atoms with E-state index in [-0.39, 0.29) is 0 Å². The van der Waals surface area contributed by atoms with Crippen LogP contribution in [0.5, 0.6) is 0 Å². The highest BCUT2D eigenvalue weighted by molar-refractivity contribution is 5.17. The van der Waals surface area contributed by atoms with Gasteiger partial charge in [-0.1, -0.05) is 74.5 Å². The van der Waals surface area contributed by atoms with E-state index in [2.05, 4.69) is 30.4 Å². The maximum absolute atomic E-state index is 2.43. The summed E-state index contributed by atoms with van der Waals surface area (Å²) in [6, 6.07) is 0. The highest BCUT2D eigenvalue weighted by Crippen LogP contribution is 2.35. The van der Waals surface area contributed by atoms with Crippen LogP contribution in [0.4, 0.5) is 0 Å². The summed E-state index contributed by atoms with van der Waals surface area (Å²) in [6.07, 6.45) is 31.9. The molecule has 0 bridgehead atoms. The number of allylic oxidation sites excluding steroid dienone is 6. The van der Waals surface area contributed by atoms with E-state index in [9.17, 15) is 0 Å². The Morgan fingerprint density at radius 2 is 1.61 bits per heavy atom. The van der Waals surface area contributed by atoms with Crippen molar-refractivity contribution in [3.8, 4) is 0 Å². The zero-order valence-electron chi connectivity index (χ0n) is 15.0. The number of rotatable bonds is 5. The van der Waals surface area contributed by atoms with Crippen molar-refractivity contribution in [2.24, 2.45) is 17.8 Å². The molecule has 0 nitrogen and oxygen atoms in total. The first-order valence-corrected chi connectivity index (χ1v) is 10.4. The molecule has 0 heteroatoms. The van der Waals surface area contributed by atoms with Gasteiger partial charge in [0.2, 0.25) is 0 Å². The maximum atomic E-state index is 2.43. The van der Waals surface area contributed by atoms with Gasteiger partial charge in [-0.05, 0) is 69.1 Å². The van der Waals surface area contributed by atoms with Crippen LogP contribution in [-0.4, -0.2) is 0 Å². The van der Waals surface area contributed by atoms with Crippen molar-refractivity contribution in [3.63, 3.8) is 0 Å². The van der Waals surface area contributed by atoms with Crippen LogP contribution in [0, 0.1) is 17.8 Å². The Kier molecular flexibility index (Phi) is 7.04. The predicted octanol–water partition coefficient (Wildman–Crippen LogP) is 7.38. The predicted molar refractivity (Wildman–Crippen MR) is 101 cm³/mol. The molecule has 0 spiro atoms. The van der Waals surface area contributed by atoms with Crippen molar-refractivity contribution in [3.05, 3.63) is 36.0 Å². The molecule has 0 aromatic carbocycles. The third kappa shape index (κ3) is 5.98. The summed E-state index contributed by atoms with van der Waals surface area (Å²) in [5, 5.41) is 0. The van der Waals surface area contributed by atoms with E-state index in [0.29, 0.717) is 0 Å². The van der Waals surface area contributed by atoms with Crippen molar-refractivity contribution >= 4 is 0 Å². The van der Waals surface area contributed by atoms with Crippen LogP contribution in [-0.2, 0) is 0 Å². The normalized spacial score (nSPS) is 32.2. The van der Waals surface area contributed by atoms with Crippen molar-refractivity contribution in [2.45, 2.75) is 89.9 Å². The first kappa shape index (κ1) is 17.1. The molecule has 0 heterocycles. The molecule has 23 heavy (non-hydrogen) atoms. The Hall–Kier alpha value is -0.780. The molecule has 0 N–H and O–H groups in total. The van der Waals surface area contributed by atoms with Crippen molar-refractivity contribution in [1.82, 2.24) is 0 Å². The van der Waals surface area contributed by atoms with Gasteiger partial charge in [0.1, 0.15) is 0 Å². The summed E-state index contributed by atoms with van der Waals surface area (Å²) in [4.78, 5) is 0. The molecule has 3 rings (SSSR count). The molecule has 1 unspecified atom stereocenters. The fourth-order valence-electron chi connectivity index (χ4n) is 5.00. The van der Waals surface area contributed by atoms with Gasteiger partial charge in [0.15, 0.2) is 0 Å². The fourth-order valence-corrected chi connectivity index (χ4v) is 5.00. The standard InChI is InChI=1S/C23H36/c1-3-9-20(10-4-1)17-18-21-13-7-15-23(16-8-14-21)19-22-11-5-2-6-12-22/h1-3,5,9,21-23H,4,6-8,10-19H2. The molecular formula is C23H36. The summed E-state index contributed by atoms with van der Waals surface area (Å²) in [5.41, 5.74) is 1.71. The summed E-state index contributed by atoms with van der Waals surface area (Å²) in [7, 11) is 0. The minimum absolute atomic E-state index is 1.01. The second kappa shape index (κ2) is 9.50. The van der Waals surface area contributed by atoms with E-state index in [1.54, 1.807) is 5.57 Å². The van der Waals surface area contributed by atoms with Gasteiger partial charge in [0.25, 0.3) is 0 Å². The Morgan fingerprint density at radius 1 is 0.783 bits per heavy atom. The van der Waals surface area contributed by atoms with E-state index in [1.807, 2.05) is 0 Å². The highest BCUT2D eigenvalue weighted by Gasteiger charge is 2.20. The summed E-state index contributed by atoms with van der Waals surface area (Å²) in [5.74, 6) is 3.06. The second-order valence-electron chi connectivity index (χ2n) is 8.31. The number of hydrogen-bond acceptors (Lipinski definition) is 0. The molecule has 0 aromatic rings. The second-order valence-corrected chi connectivity index (χ2v) is 8.31. The molecule has 3 aliphatic carbocycles. The lowest BCUT2D eigenvalue weighted by Gasteiger charge is -2.28.